The second kappa shape index (κ2) is 12.3. The third-order valence-corrected chi connectivity index (χ3v) is 9.79. The first-order chi connectivity index (χ1) is 21.9. The minimum Gasteiger partial charge on any atom is -0.322 e. The number of amides is 1. The largest absolute Gasteiger partial charge is 0.322 e. The summed E-state index contributed by atoms with van der Waals surface area (Å²) in [4.78, 5) is 34.3. The quantitative estimate of drug-likeness (QED) is 0.208. The van der Waals surface area contributed by atoms with E-state index in [0.717, 1.165) is 8.99 Å². The van der Waals surface area contributed by atoms with Crippen LogP contribution in [0.4, 0.5) is 14.5 Å². The molecule has 3 heterocycles. The van der Waals surface area contributed by atoms with Crippen LogP contribution in [0, 0.1) is 12.7 Å². The van der Waals surface area contributed by atoms with E-state index < -0.39 is 52.8 Å². The molecule has 0 aliphatic carbocycles. The number of halogens is 3. The van der Waals surface area contributed by atoms with E-state index in [4.69, 9.17) is 11.6 Å². The third kappa shape index (κ3) is 6.00. The molecule has 6 rings (SSSR count). The third-order valence-electron chi connectivity index (χ3n) is 7.77. The normalized spacial score (nSPS) is 17.0. The molecule has 10 nitrogen and oxygen atoms in total. The number of aromatic nitrogens is 4. The van der Waals surface area contributed by atoms with Crippen LogP contribution >= 0.6 is 11.6 Å². The maximum atomic E-state index is 15.5. The molecular formula is C32H27ClF2N6O4S. The van der Waals surface area contributed by atoms with Crippen molar-refractivity contribution in [1.29, 1.82) is 0 Å². The lowest BCUT2D eigenvalue weighted by molar-refractivity contribution is -0.119. The second-order valence-electron chi connectivity index (χ2n) is 11.0. The summed E-state index contributed by atoms with van der Waals surface area (Å²) in [5.41, 5.74) is 2.11. The monoisotopic (exact) mass is 664 g/mol. The lowest BCUT2D eigenvalue weighted by atomic mass is 10.0. The molecule has 1 saturated heterocycles. The molecule has 0 spiro atoms. The van der Waals surface area contributed by atoms with E-state index in [1.807, 2.05) is 0 Å². The Labute approximate surface area is 268 Å². The molecule has 3 aromatic carbocycles. The van der Waals surface area contributed by atoms with Crippen molar-refractivity contribution < 1.29 is 26.8 Å². The maximum absolute atomic E-state index is 15.5. The molecule has 1 aliphatic rings. The number of anilines is 1. The number of Topliss-reactive ketones (excluding diaryl/α,β-unsaturated/α-hetero) is 1. The summed E-state index contributed by atoms with van der Waals surface area (Å²) >= 11 is 6.24. The Bertz CT molecular complexity index is 2110. The molecule has 1 amide bonds. The predicted molar refractivity (Wildman–Crippen MR) is 170 cm³/mol. The Hall–Kier alpha value is -4.59. The number of rotatable bonds is 8. The van der Waals surface area contributed by atoms with Gasteiger partial charge in [-0.25, -0.2) is 31.8 Å². The van der Waals surface area contributed by atoms with Gasteiger partial charge in [0.05, 0.1) is 11.2 Å². The van der Waals surface area contributed by atoms with Gasteiger partial charge in [0.2, 0.25) is 15.9 Å². The van der Waals surface area contributed by atoms with Crippen molar-refractivity contribution in [3.8, 4) is 22.3 Å². The van der Waals surface area contributed by atoms with Crippen LogP contribution in [-0.4, -0.2) is 62.9 Å². The first kappa shape index (κ1) is 31.4. The molecule has 2 atom stereocenters. The van der Waals surface area contributed by atoms with Gasteiger partial charge in [0.1, 0.15) is 23.7 Å². The average molecular weight is 665 g/mol. The van der Waals surface area contributed by atoms with Crippen molar-refractivity contribution in [2.24, 2.45) is 0 Å². The van der Waals surface area contributed by atoms with E-state index in [1.165, 1.54) is 25.1 Å². The SMILES string of the molecule is CC(=O)c1nn(CS(=O)(=O)N2C[C@H](F)C[C@H]2C(=O)Nc2cccc(-c3ccccc3Cl)c2F)c2ccc(-c3cnc(C)nc3)cc12. The van der Waals surface area contributed by atoms with E-state index >= 15 is 4.39 Å². The van der Waals surface area contributed by atoms with Gasteiger partial charge in [-0.2, -0.15) is 9.40 Å². The van der Waals surface area contributed by atoms with Gasteiger partial charge in [-0.3, -0.25) is 9.59 Å². The number of sulfonamides is 1. The number of alkyl halides is 1. The topological polar surface area (TPSA) is 127 Å². The highest BCUT2D eigenvalue weighted by Crippen LogP contribution is 2.34. The van der Waals surface area contributed by atoms with Gasteiger partial charge >= 0.3 is 0 Å². The van der Waals surface area contributed by atoms with Crippen molar-refractivity contribution in [2.75, 3.05) is 11.9 Å². The lowest BCUT2D eigenvalue weighted by Crippen LogP contribution is -2.44. The van der Waals surface area contributed by atoms with Crippen LogP contribution in [0.25, 0.3) is 33.2 Å². The zero-order chi connectivity index (χ0) is 32.7. The minimum absolute atomic E-state index is 0.0491. The first-order valence-electron chi connectivity index (χ1n) is 14.2. The summed E-state index contributed by atoms with van der Waals surface area (Å²) in [5, 5.41) is 7.43. The van der Waals surface area contributed by atoms with Gasteiger partial charge in [0, 0.05) is 59.4 Å². The molecule has 0 unspecified atom stereocenters. The number of carbonyl (C=O) groups is 2. The van der Waals surface area contributed by atoms with Crippen molar-refractivity contribution in [1.82, 2.24) is 24.1 Å². The highest BCUT2D eigenvalue weighted by atomic mass is 35.5. The summed E-state index contributed by atoms with van der Waals surface area (Å²) in [7, 11) is -4.38. The summed E-state index contributed by atoms with van der Waals surface area (Å²) in [6.07, 6.45) is 1.22. The van der Waals surface area contributed by atoms with Crippen LogP contribution in [0.1, 0.15) is 29.7 Å². The van der Waals surface area contributed by atoms with E-state index in [0.29, 0.717) is 38.4 Å². The van der Waals surface area contributed by atoms with Crippen molar-refractivity contribution in [3.63, 3.8) is 0 Å². The first-order valence-corrected chi connectivity index (χ1v) is 16.2. The number of benzene rings is 3. The van der Waals surface area contributed by atoms with Gasteiger partial charge in [0.15, 0.2) is 17.5 Å². The van der Waals surface area contributed by atoms with E-state index in [-0.39, 0.29) is 22.7 Å². The standard InChI is InChI=1S/C32H27ClF2N6O4S/c1-18(42)31-25-12-20(21-14-36-19(2)37-15-21)10-11-28(25)40(39-31)17-46(44,45)41-16-22(34)13-29(41)32(43)38-27-9-5-7-24(30(27)35)23-6-3-4-8-26(23)33/h3-12,14-15,22,29H,13,16-17H2,1-2H3,(H,38,43)/t22-,29+/m1/s1. The summed E-state index contributed by atoms with van der Waals surface area (Å²) < 4.78 is 59.6. The van der Waals surface area contributed by atoms with Crippen molar-refractivity contribution in [3.05, 3.63) is 95.4 Å². The Morgan fingerprint density at radius 2 is 1.74 bits per heavy atom. The molecule has 2 aromatic heterocycles. The second-order valence-corrected chi connectivity index (χ2v) is 13.2. The molecule has 5 aromatic rings. The molecule has 0 bridgehead atoms. The van der Waals surface area contributed by atoms with Crippen molar-refractivity contribution in [2.45, 2.75) is 38.4 Å². The molecule has 0 saturated carbocycles. The van der Waals surface area contributed by atoms with Gasteiger partial charge in [-0.05, 0) is 36.8 Å². The number of nitrogens with one attached hydrogen (secondary N) is 1. The van der Waals surface area contributed by atoms with Gasteiger partial charge in [-0.1, -0.05) is 48.0 Å². The summed E-state index contributed by atoms with van der Waals surface area (Å²) in [6, 6.07) is 14.5. The van der Waals surface area contributed by atoms with Crippen LogP contribution < -0.4 is 5.32 Å². The predicted octanol–water partition coefficient (Wildman–Crippen LogP) is 5.80. The number of hydrogen-bond donors (Lipinski definition) is 1. The molecule has 1 N–H and O–H groups in total. The molecule has 46 heavy (non-hydrogen) atoms. The Morgan fingerprint density at radius 1 is 1.02 bits per heavy atom. The number of nitrogens with zero attached hydrogens (tertiary/aromatic N) is 5. The molecule has 0 radical (unpaired) electrons. The fourth-order valence-corrected chi connectivity index (χ4v) is 7.37. The average Bonchev–Trinajstić information content (AvgIpc) is 3.60. The minimum atomic E-state index is -4.38. The Balaban J connectivity index is 1.28. The number of hydrogen-bond acceptors (Lipinski definition) is 7. The fraction of sp³-hybridized carbons (Fsp3) is 0.219. The molecule has 1 aliphatic heterocycles. The van der Waals surface area contributed by atoms with Crippen LogP contribution in [0.2, 0.25) is 5.02 Å². The Morgan fingerprint density at radius 3 is 2.46 bits per heavy atom. The van der Waals surface area contributed by atoms with Gasteiger partial charge in [-0.15, -0.1) is 0 Å². The smallest absolute Gasteiger partial charge is 0.243 e. The number of aryl methyl sites for hydroxylation is 1. The number of carbonyl (C=O) groups excluding carboxylic acids is 2. The van der Waals surface area contributed by atoms with E-state index in [9.17, 15) is 22.4 Å². The zero-order valence-electron chi connectivity index (χ0n) is 24.6. The summed E-state index contributed by atoms with van der Waals surface area (Å²) in [6.45, 7) is 2.50. The van der Waals surface area contributed by atoms with Crippen LogP contribution in [0.3, 0.4) is 0 Å². The maximum Gasteiger partial charge on any atom is 0.243 e. The van der Waals surface area contributed by atoms with Crippen LogP contribution in [0.5, 0.6) is 0 Å². The molecule has 14 heteroatoms. The van der Waals surface area contributed by atoms with E-state index in [2.05, 4.69) is 20.4 Å². The Kier molecular flexibility index (Phi) is 8.40. The highest BCUT2D eigenvalue weighted by Gasteiger charge is 2.44. The van der Waals surface area contributed by atoms with Gasteiger partial charge in [0.25, 0.3) is 0 Å². The highest BCUT2D eigenvalue weighted by molar-refractivity contribution is 7.88. The number of ketones is 1. The molecule has 236 valence electrons. The van der Waals surface area contributed by atoms with Crippen molar-refractivity contribution >= 4 is 49.9 Å². The molecule has 1 fully saturated rings. The fourth-order valence-electron chi connectivity index (χ4n) is 5.52. The lowest BCUT2D eigenvalue weighted by Gasteiger charge is -2.23. The van der Waals surface area contributed by atoms with Crippen LogP contribution in [-0.2, 0) is 20.7 Å². The molecular weight excluding hydrogens is 638 g/mol. The van der Waals surface area contributed by atoms with Crippen LogP contribution in [0.15, 0.2) is 73.1 Å². The van der Waals surface area contributed by atoms with E-state index in [1.54, 1.807) is 61.8 Å². The number of fused-ring (bicyclic) bond motifs is 1. The summed E-state index contributed by atoms with van der Waals surface area (Å²) in [5.74, 6) is -2.23. The van der Waals surface area contributed by atoms with Gasteiger partial charge < -0.3 is 5.32 Å². The zero-order valence-corrected chi connectivity index (χ0v) is 26.2.